The zero-order chi connectivity index (χ0) is 11.1. The van der Waals surface area contributed by atoms with E-state index in [1.165, 1.54) is 0 Å². The van der Waals surface area contributed by atoms with E-state index in [-0.39, 0.29) is 0 Å². The first-order valence-corrected chi connectivity index (χ1v) is 3.73. The topological polar surface area (TPSA) is 113 Å². The molecule has 80 valence electrons. The van der Waals surface area contributed by atoms with Crippen molar-refractivity contribution in [1.82, 2.24) is 5.32 Å². The maximum atomic E-state index is 10.9. The van der Waals surface area contributed by atoms with E-state index in [9.17, 15) is 14.4 Å². The summed E-state index contributed by atoms with van der Waals surface area (Å²) in [6, 6.07) is -1.38. The van der Waals surface area contributed by atoms with E-state index in [0.29, 0.717) is 0 Å². The van der Waals surface area contributed by atoms with Crippen LogP contribution in [-0.2, 0) is 19.1 Å². The van der Waals surface area contributed by atoms with E-state index in [1.807, 2.05) is 5.32 Å². The number of carboxylic acids is 1. The highest BCUT2D eigenvalue weighted by molar-refractivity contribution is 5.85. The Balaban J connectivity index is 3.91. The summed E-state index contributed by atoms with van der Waals surface area (Å²) in [5.74, 6) is -2.78. The Morgan fingerprint density at radius 3 is 2.36 bits per heavy atom. The molecule has 0 rings (SSSR count). The van der Waals surface area contributed by atoms with E-state index < -0.39 is 37.1 Å². The normalized spacial score (nSPS) is 11.6. The fourth-order valence-corrected chi connectivity index (χ4v) is 0.589. The first-order chi connectivity index (χ1) is 6.47. The largest absolute Gasteiger partial charge is 0.480 e. The highest BCUT2D eigenvalue weighted by atomic mass is 16.5. The first-order valence-electron chi connectivity index (χ1n) is 3.73. The van der Waals surface area contributed by atoms with Crippen LogP contribution in [0.15, 0.2) is 0 Å². The average molecular weight is 205 g/mol. The van der Waals surface area contributed by atoms with Crippen molar-refractivity contribution >= 4 is 17.8 Å². The lowest BCUT2D eigenvalue weighted by Gasteiger charge is -2.10. The first kappa shape index (κ1) is 12.4. The molecule has 7 heteroatoms. The van der Waals surface area contributed by atoms with E-state index >= 15 is 0 Å². The van der Waals surface area contributed by atoms with Crippen LogP contribution in [0.25, 0.3) is 0 Å². The third kappa shape index (κ3) is 5.09. The summed E-state index contributed by atoms with van der Waals surface area (Å²) in [7, 11) is 0. The third-order valence-electron chi connectivity index (χ3n) is 1.22. The van der Waals surface area contributed by atoms with Gasteiger partial charge in [0.1, 0.15) is 6.04 Å². The molecule has 0 saturated carbocycles. The SMILES string of the molecule is CC(=O)OCC(=O)N[C@@H](CO)C(=O)O. The molecule has 0 bridgehead atoms. The molecular weight excluding hydrogens is 194 g/mol. The van der Waals surface area contributed by atoms with Crippen molar-refractivity contribution in [3.05, 3.63) is 0 Å². The van der Waals surface area contributed by atoms with Crippen LogP contribution in [0, 0.1) is 0 Å². The Bertz CT molecular complexity index is 238. The van der Waals surface area contributed by atoms with E-state index in [4.69, 9.17) is 10.2 Å². The smallest absolute Gasteiger partial charge is 0.328 e. The highest BCUT2D eigenvalue weighted by Gasteiger charge is 2.18. The molecule has 0 fully saturated rings. The van der Waals surface area contributed by atoms with Crippen molar-refractivity contribution in [2.75, 3.05) is 13.2 Å². The van der Waals surface area contributed by atoms with Crippen LogP contribution < -0.4 is 5.32 Å². The van der Waals surface area contributed by atoms with Gasteiger partial charge in [-0.15, -0.1) is 0 Å². The lowest BCUT2D eigenvalue weighted by Crippen LogP contribution is -2.44. The van der Waals surface area contributed by atoms with Gasteiger partial charge in [0, 0.05) is 6.92 Å². The van der Waals surface area contributed by atoms with Gasteiger partial charge in [0.2, 0.25) is 0 Å². The summed E-state index contributed by atoms with van der Waals surface area (Å²) < 4.78 is 4.30. The lowest BCUT2D eigenvalue weighted by atomic mass is 10.3. The number of carboxylic acid groups (broad SMARTS) is 1. The van der Waals surface area contributed by atoms with Crippen LogP contribution >= 0.6 is 0 Å². The molecule has 0 heterocycles. The number of carbonyl (C=O) groups excluding carboxylic acids is 2. The lowest BCUT2D eigenvalue weighted by molar-refractivity contribution is -0.148. The van der Waals surface area contributed by atoms with Gasteiger partial charge in [-0.2, -0.15) is 0 Å². The summed E-state index contributed by atoms with van der Waals surface area (Å²) in [6.07, 6.45) is 0. The molecule has 0 saturated heterocycles. The number of rotatable bonds is 5. The summed E-state index contributed by atoms with van der Waals surface area (Å²) >= 11 is 0. The second kappa shape index (κ2) is 5.92. The molecule has 14 heavy (non-hydrogen) atoms. The van der Waals surface area contributed by atoms with Gasteiger partial charge >= 0.3 is 11.9 Å². The number of aliphatic hydroxyl groups is 1. The average Bonchev–Trinajstić information content (AvgIpc) is 2.10. The number of hydrogen-bond donors (Lipinski definition) is 3. The Morgan fingerprint density at radius 1 is 1.43 bits per heavy atom. The number of ether oxygens (including phenoxy) is 1. The second-order valence-electron chi connectivity index (χ2n) is 2.42. The fourth-order valence-electron chi connectivity index (χ4n) is 0.589. The van der Waals surface area contributed by atoms with Crippen LogP contribution in [0.5, 0.6) is 0 Å². The Morgan fingerprint density at radius 2 is 2.00 bits per heavy atom. The number of nitrogens with one attached hydrogen (secondary N) is 1. The maximum absolute atomic E-state index is 10.9. The molecule has 0 spiro atoms. The van der Waals surface area contributed by atoms with Crippen LogP contribution in [0.1, 0.15) is 6.92 Å². The predicted molar refractivity (Wildman–Crippen MR) is 43.3 cm³/mol. The van der Waals surface area contributed by atoms with Crippen LogP contribution in [0.4, 0.5) is 0 Å². The van der Waals surface area contributed by atoms with Gasteiger partial charge in [0.15, 0.2) is 6.61 Å². The van der Waals surface area contributed by atoms with Crippen LogP contribution in [0.3, 0.4) is 0 Å². The van der Waals surface area contributed by atoms with Gasteiger partial charge in [0.05, 0.1) is 6.61 Å². The summed E-state index contributed by atoms with van der Waals surface area (Å²) in [4.78, 5) is 31.4. The number of esters is 1. The summed E-state index contributed by atoms with van der Waals surface area (Å²) in [5.41, 5.74) is 0. The minimum atomic E-state index is -1.38. The van der Waals surface area contributed by atoms with Gasteiger partial charge < -0.3 is 20.3 Å². The zero-order valence-electron chi connectivity index (χ0n) is 7.52. The predicted octanol–water partition coefficient (Wildman–Crippen LogP) is -1.89. The van der Waals surface area contributed by atoms with Crippen LogP contribution in [-0.4, -0.2) is 47.3 Å². The van der Waals surface area contributed by atoms with Crippen molar-refractivity contribution in [2.45, 2.75) is 13.0 Å². The molecular formula is C7H11NO6. The molecule has 0 aromatic heterocycles. The molecule has 0 unspecified atom stereocenters. The summed E-state index contributed by atoms with van der Waals surface area (Å²) in [5, 5.41) is 18.9. The maximum Gasteiger partial charge on any atom is 0.328 e. The van der Waals surface area contributed by atoms with Crippen LogP contribution in [0.2, 0.25) is 0 Å². The minimum absolute atomic E-state index is 0.556. The highest BCUT2D eigenvalue weighted by Crippen LogP contribution is 1.84. The molecule has 3 N–H and O–H groups in total. The standard InChI is InChI=1S/C7H11NO6/c1-4(10)14-3-6(11)8-5(2-9)7(12)13/h5,9H,2-3H2,1H3,(H,8,11)(H,12,13)/t5-/m0/s1. The summed E-state index contributed by atoms with van der Waals surface area (Å²) in [6.45, 7) is -0.158. The molecule has 0 aromatic rings. The number of aliphatic carboxylic acids is 1. The minimum Gasteiger partial charge on any atom is -0.480 e. The zero-order valence-corrected chi connectivity index (χ0v) is 7.52. The molecule has 0 radical (unpaired) electrons. The van der Waals surface area contributed by atoms with Crippen molar-refractivity contribution in [3.63, 3.8) is 0 Å². The van der Waals surface area contributed by atoms with Gasteiger partial charge in [-0.3, -0.25) is 9.59 Å². The number of aliphatic hydroxyl groups excluding tert-OH is 1. The third-order valence-corrected chi connectivity index (χ3v) is 1.22. The van der Waals surface area contributed by atoms with Gasteiger partial charge in [-0.1, -0.05) is 0 Å². The van der Waals surface area contributed by atoms with Gasteiger partial charge in [0.25, 0.3) is 5.91 Å². The molecule has 7 nitrogen and oxygen atoms in total. The number of carbonyl (C=O) groups is 3. The number of amides is 1. The fraction of sp³-hybridized carbons (Fsp3) is 0.571. The molecule has 0 aliphatic heterocycles. The molecule has 0 aliphatic carbocycles. The van der Waals surface area contributed by atoms with Crippen molar-refractivity contribution < 1.29 is 29.3 Å². The quantitative estimate of drug-likeness (QED) is 0.452. The van der Waals surface area contributed by atoms with E-state index in [0.717, 1.165) is 6.92 Å². The van der Waals surface area contributed by atoms with E-state index in [1.54, 1.807) is 0 Å². The Labute approximate surface area is 79.7 Å². The Hall–Kier alpha value is -1.63. The van der Waals surface area contributed by atoms with Crippen molar-refractivity contribution in [2.24, 2.45) is 0 Å². The van der Waals surface area contributed by atoms with E-state index in [2.05, 4.69) is 4.74 Å². The molecule has 1 amide bonds. The van der Waals surface area contributed by atoms with Gasteiger partial charge in [-0.05, 0) is 0 Å². The molecule has 1 atom stereocenters. The van der Waals surface area contributed by atoms with Crippen molar-refractivity contribution in [1.29, 1.82) is 0 Å². The molecule has 0 aliphatic rings. The molecule has 0 aromatic carbocycles. The Kier molecular flexibility index (Phi) is 5.23. The number of hydrogen-bond acceptors (Lipinski definition) is 5. The van der Waals surface area contributed by atoms with Gasteiger partial charge in [-0.25, -0.2) is 4.79 Å². The second-order valence-corrected chi connectivity index (χ2v) is 2.42. The van der Waals surface area contributed by atoms with Crippen molar-refractivity contribution in [3.8, 4) is 0 Å². The monoisotopic (exact) mass is 205 g/mol.